The number of carbonyl (C=O) groups excluding carboxylic acids is 4. The number of hydrogen-bond donors (Lipinski definition) is 1. The highest BCUT2D eigenvalue weighted by atomic mass is 16.5. The van der Waals surface area contributed by atoms with Crippen LogP contribution in [0.15, 0.2) is 46.4 Å². The fourth-order valence-corrected chi connectivity index (χ4v) is 2.69. The molecule has 4 amide bonds. The van der Waals surface area contributed by atoms with Crippen LogP contribution >= 0.6 is 0 Å². The summed E-state index contributed by atoms with van der Waals surface area (Å²) >= 11 is 0. The van der Waals surface area contributed by atoms with Crippen LogP contribution in [0, 0.1) is 0 Å². The quantitative estimate of drug-likeness (QED) is 0.484. The first-order chi connectivity index (χ1) is 13.4. The number of furan rings is 1. The van der Waals surface area contributed by atoms with Gasteiger partial charge in [-0.2, -0.15) is 0 Å². The Morgan fingerprint density at radius 3 is 2.46 bits per heavy atom. The number of benzene rings is 1. The van der Waals surface area contributed by atoms with Gasteiger partial charge in [-0.3, -0.25) is 19.8 Å². The largest absolute Gasteiger partial charge is 0.462 e. The minimum absolute atomic E-state index is 0.144. The van der Waals surface area contributed by atoms with Crippen molar-refractivity contribution in [3.8, 4) is 11.3 Å². The summed E-state index contributed by atoms with van der Waals surface area (Å²) in [6.07, 6.45) is 1.29. The minimum Gasteiger partial charge on any atom is -0.462 e. The molecule has 1 aromatic carbocycles. The third kappa shape index (κ3) is 3.71. The lowest BCUT2D eigenvalue weighted by Gasteiger charge is -2.24. The number of nitrogens with zero attached hydrogens (tertiary/aromatic N) is 1. The molecule has 0 saturated carbocycles. The van der Waals surface area contributed by atoms with Crippen molar-refractivity contribution in [2.24, 2.45) is 0 Å². The summed E-state index contributed by atoms with van der Waals surface area (Å²) in [5.41, 5.74) is 0.954. The lowest BCUT2D eigenvalue weighted by Crippen LogP contribution is -2.53. The van der Waals surface area contributed by atoms with Crippen LogP contribution in [-0.4, -0.2) is 41.9 Å². The van der Waals surface area contributed by atoms with Gasteiger partial charge in [0.05, 0.1) is 12.2 Å². The predicted molar refractivity (Wildman–Crippen MR) is 99.0 cm³/mol. The molecule has 0 unspecified atom stereocenters. The van der Waals surface area contributed by atoms with Gasteiger partial charge in [-0.15, -0.1) is 0 Å². The molecule has 0 radical (unpaired) electrons. The summed E-state index contributed by atoms with van der Waals surface area (Å²) in [6, 6.07) is 9.20. The normalized spacial score (nSPS) is 15.7. The standard InChI is InChI=1S/C20H18N2O6/c1-3-22-18(24)15(17(23)21-20(22)26)11-14-9-10-16(28-14)12-5-7-13(8-6-12)19(25)27-4-2/h5-11H,3-4H2,1-2H3,(H,21,23,26). The number of ether oxygens (including phenoxy) is 1. The zero-order valence-corrected chi connectivity index (χ0v) is 15.4. The third-order valence-corrected chi connectivity index (χ3v) is 4.10. The zero-order chi connectivity index (χ0) is 20.3. The van der Waals surface area contributed by atoms with E-state index in [1.807, 2.05) is 0 Å². The highest BCUT2D eigenvalue weighted by Crippen LogP contribution is 2.25. The fourth-order valence-electron chi connectivity index (χ4n) is 2.69. The number of nitrogens with one attached hydrogen (secondary N) is 1. The van der Waals surface area contributed by atoms with Gasteiger partial charge in [0.2, 0.25) is 0 Å². The van der Waals surface area contributed by atoms with E-state index in [0.717, 1.165) is 4.90 Å². The number of carbonyl (C=O) groups is 4. The predicted octanol–water partition coefficient (Wildman–Crippen LogP) is 2.61. The van der Waals surface area contributed by atoms with Crippen LogP contribution in [0.4, 0.5) is 4.79 Å². The number of rotatable bonds is 5. The molecular formula is C20H18N2O6. The maximum absolute atomic E-state index is 12.3. The molecular weight excluding hydrogens is 364 g/mol. The number of imide groups is 2. The van der Waals surface area contributed by atoms with Gasteiger partial charge >= 0.3 is 12.0 Å². The van der Waals surface area contributed by atoms with Crippen molar-refractivity contribution >= 4 is 29.9 Å². The van der Waals surface area contributed by atoms with E-state index in [1.54, 1.807) is 50.2 Å². The van der Waals surface area contributed by atoms with Crippen LogP contribution in [0.3, 0.4) is 0 Å². The lowest BCUT2D eigenvalue weighted by atomic mass is 10.1. The summed E-state index contributed by atoms with van der Waals surface area (Å²) in [4.78, 5) is 48.6. The number of likely N-dealkylation sites (N-methyl/N-ethyl adjacent to an activating group) is 1. The molecule has 0 aliphatic carbocycles. The first-order valence-corrected chi connectivity index (χ1v) is 8.70. The molecule has 1 aliphatic rings. The van der Waals surface area contributed by atoms with E-state index in [1.165, 1.54) is 6.08 Å². The molecule has 1 N–H and O–H groups in total. The van der Waals surface area contributed by atoms with Crippen molar-refractivity contribution in [1.82, 2.24) is 10.2 Å². The molecule has 0 bridgehead atoms. The van der Waals surface area contributed by atoms with Crippen molar-refractivity contribution in [2.75, 3.05) is 13.2 Å². The molecule has 144 valence electrons. The number of urea groups is 1. The minimum atomic E-state index is -0.767. The van der Waals surface area contributed by atoms with Crippen LogP contribution in [0.25, 0.3) is 17.4 Å². The molecule has 28 heavy (non-hydrogen) atoms. The SMILES string of the molecule is CCOC(=O)c1ccc(-c2ccc(C=C3C(=O)NC(=O)N(CC)C3=O)o2)cc1. The van der Waals surface area contributed by atoms with Crippen molar-refractivity contribution in [3.63, 3.8) is 0 Å². The number of amides is 4. The summed E-state index contributed by atoms with van der Waals surface area (Å²) in [7, 11) is 0. The van der Waals surface area contributed by atoms with Crippen LogP contribution in [0.5, 0.6) is 0 Å². The second kappa shape index (κ2) is 7.91. The Bertz CT molecular complexity index is 971. The number of hydrogen-bond acceptors (Lipinski definition) is 6. The molecule has 2 aromatic rings. The topological polar surface area (TPSA) is 106 Å². The molecule has 2 heterocycles. The van der Waals surface area contributed by atoms with Crippen molar-refractivity contribution < 1.29 is 28.3 Å². The van der Waals surface area contributed by atoms with Crippen LogP contribution in [0.1, 0.15) is 30.0 Å². The second-order valence-corrected chi connectivity index (χ2v) is 5.87. The van der Waals surface area contributed by atoms with Gasteiger partial charge in [-0.1, -0.05) is 12.1 Å². The zero-order valence-electron chi connectivity index (χ0n) is 15.4. The van der Waals surface area contributed by atoms with Gasteiger partial charge in [-0.25, -0.2) is 9.59 Å². The maximum atomic E-state index is 12.3. The molecule has 1 aliphatic heterocycles. The van der Waals surface area contributed by atoms with Crippen LogP contribution < -0.4 is 5.32 Å². The van der Waals surface area contributed by atoms with Crippen LogP contribution in [0.2, 0.25) is 0 Å². The van der Waals surface area contributed by atoms with E-state index in [9.17, 15) is 19.2 Å². The molecule has 8 heteroatoms. The van der Waals surface area contributed by atoms with Gasteiger partial charge in [0.1, 0.15) is 17.1 Å². The highest BCUT2D eigenvalue weighted by molar-refractivity contribution is 6.30. The summed E-state index contributed by atoms with van der Waals surface area (Å²) < 4.78 is 10.6. The van der Waals surface area contributed by atoms with E-state index in [0.29, 0.717) is 23.5 Å². The second-order valence-electron chi connectivity index (χ2n) is 5.87. The Balaban J connectivity index is 1.83. The number of esters is 1. The molecule has 8 nitrogen and oxygen atoms in total. The Kier molecular flexibility index (Phi) is 5.39. The average Bonchev–Trinajstić information content (AvgIpc) is 3.14. The Labute approximate surface area is 160 Å². The lowest BCUT2D eigenvalue weighted by molar-refractivity contribution is -0.129. The first-order valence-electron chi connectivity index (χ1n) is 8.70. The van der Waals surface area contributed by atoms with E-state index < -0.39 is 23.8 Å². The van der Waals surface area contributed by atoms with Gasteiger partial charge in [0.25, 0.3) is 11.8 Å². The van der Waals surface area contributed by atoms with E-state index in [4.69, 9.17) is 9.15 Å². The third-order valence-electron chi connectivity index (χ3n) is 4.10. The fraction of sp³-hybridized carbons (Fsp3) is 0.200. The Morgan fingerprint density at radius 1 is 1.11 bits per heavy atom. The molecule has 3 rings (SSSR count). The van der Waals surface area contributed by atoms with Gasteiger partial charge in [0.15, 0.2) is 0 Å². The Hall–Kier alpha value is -3.68. The molecule has 0 spiro atoms. The average molecular weight is 382 g/mol. The first kappa shape index (κ1) is 19.1. The number of barbiturate groups is 1. The summed E-state index contributed by atoms with van der Waals surface area (Å²) in [5, 5.41) is 2.12. The van der Waals surface area contributed by atoms with Crippen LogP contribution in [-0.2, 0) is 14.3 Å². The Morgan fingerprint density at radius 2 is 1.82 bits per heavy atom. The van der Waals surface area contributed by atoms with Crippen molar-refractivity contribution in [3.05, 3.63) is 53.3 Å². The highest BCUT2D eigenvalue weighted by Gasteiger charge is 2.34. The van der Waals surface area contributed by atoms with Gasteiger partial charge < -0.3 is 9.15 Å². The smallest absolute Gasteiger partial charge is 0.338 e. The maximum Gasteiger partial charge on any atom is 0.338 e. The monoisotopic (exact) mass is 382 g/mol. The van der Waals surface area contributed by atoms with Gasteiger partial charge in [0, 0.05) is 12.1 Å². The van der Waals surface area contributed by atoms with E-state index >= 15 is 0 Å². The van der Waals surface area contributed by atoms with E-state index in [-0.39, 0.29) is 17.9 Å². The molecule has 1 fully saturated rings. The summed E-state index contributed by atoms with van der Waals surface area (Å²) in [5.74, 6) is -1.07. The van der Waals surface area contributed by atoms with E-state index in [2.05, 4.69) is 5.32 Å². The van der Waals surface area contributed by atoms with Gasteiger partial charge in [-0.05, 0) is 44.2 Å². The van der Waals surface area contributed by atoms with Crippen molar-refractivity contribution in [1.29, 1.82) is 0 Å². The molecule has 0 atom stereocenters. The molecule has 1 saturated heterocycles. The summed E-state index contributed by atoms with van der Waals surface area (Å²) in [6.45, 7) is 3.81. The van der Waals surface area contributed by atoms with Crippen molar-refractivity contribution in [2.45, 2.75) is 13.8 Å². The molecule has 1 aromatic heterocycles.